The van der Waals surface area contributed by atoms with Gasteiger partial charge < -0.3 is 0 Å². The molecule has 0 bridgehead atoms. The zero-order valence-corrected chi connectivity index (χ0v) is 9.75. The van der Waals surface area contributed by atoms with E-state index in [1.165, 1.54) is 0 Å². The molecule has 1 atom stereocenters. The molecule has 0 saturated carbocycles. The number of benzene rings is 2. The van der Waals surface area contributed by atoms with Crippen molar-refractivity contribution in [2.75, 3.05) is 0 Å². The Labute approximate surface area is 95.8 Å². The second kappa shape index (κ2) is 4.12. The SMILES string of the molecule is Cc1ccc(S(#N)(F)c2ccccc2)cc1. The Morgan fingerprint density at radius 2 is 1.38 bits per heavy atom. The van der Waals surface area contributed by atoms with Gasteiger partial charge in [-0.15, -0.1) is 3.89 Å². The highest BCUT2D eigenvalue weighted by atomic mass is 32.3. The molecule has 3 heteroatoms. The maximum atomic E-state index is 14.3. The largest absolute Gasteiger partial charge is 0.188 e. The molecule has 1 unspecified atom stereocenters. The van der Waals surface area contributed by atoms with Crippen molar-refractivity contribution >= 4 is 10.0 Å². The van der Waals surface area contributed by atoms with Gasteiger partial charge in [0.25, 0.3) is 0 Å². The van der Waals surface area contributed by atoms with Crippen LogP contribution in [0.4, 0.5) is 3.89 Å². The average Bonchev–Trinajstić information content (AvgIpc) is 2.31. The van der Waals surface area contributed by atoms with Crippen LogP contribution in [0.1, 0.15) is 5.56 Å². The Kier molecular flexibility index (Phi) is 2.82. The molecule has 0 N–H and O–H groups in total. The molecule has 0 saturated heterocycles. The third-order valence-corrected chi connectivity index (χ3v) is 4.18. The zero-order valence-electron chi connectivity index (χ0n) is 8.93. The van der Waals surface area contributed by atoms with Gasteiger partial charge in [0.05, 0.1) is 9.79 Å². The molecule has 0 aromatic heterocycles. The minimum Gasteiger partial charge on any atom is -0.188 e. The topological polar surface area (TPSA) is 23.8 Å². The summed E-state index contributed by atoms with van der Waals surface area (Å²) in [5.41, 5.74) is 1.05. The molecular formula is C13H12FNS. The summed E-state index contributed by atoms with van der Waals surface area (Å²) < 4.78 is 24.3. The van der Waals surface area contributed by atoms with E-state index in [-0.39, 0.29) is 0 Å². The lowest BCUT2D eigenvalue weighted by atomic mass is 10.2. The minimum absolute atomic E-state index is 0.332. The van der Waals surface area contributed by atoms with Crippen molar-refractivity contribution in [1.29, 1.82) is 4.61 Å². The molecule has 1 nitrogen and oxygen atoms in total. The summed E-state index contributed by atoms with van der Waals surface area (Å²) in [6.07, 6.45) is 0. The number of hydrogen-bond donors (Lipinski definition) is 0. The van der Waals surface area contributed by atoms with Crippen molar-refractivity contribution < 1.29 is 3.89 Å². The van der Waals surface area contributed by atoms with Crippen molar-refractivity contribution in [3.63, 3.8) is 0 Å². The molecule has 0 aliphatic rings. The molecule has 0 radical (unpaired) electrons. The lowest BCUT2D eigenvalue weighted by Gasteiger charge is -2.10. The van der Waals surface area contributed by atoms with E-state index in [0.717, 1.165) is 5.56 Å². The quantitative estimate of drug-likeness (QED) is 0.653. The molecule has 2 aromatic carbocycles. The van der Waals surface area contributed by atoms with E-state index in [1.807, 2.05) is 6.92 Å². The molecule has 0 aliphatic carbocycles. The molecular weight excluding hydrogens is 221 g/mol. The first kappa shape index (κ1) is 10.9. The van der Waals surface area contributed by atoms with Crippen LogP contribution >= 0.6 is 10.0 Å². The maximum absolute atomic E-state index is 14.3. The first-order chi connectivity index (χ1) is 7.60. The van der Waals surface area contributed by atoms with Crippen LogP contribution in [0.25, 0.3) is 0 Å². The summed E-state index contributed by atoms with van der Waals surface area (Å²) >= 11 is 0. The van der Waals surface area contributed by atoms with E-state index in [0.29, 0.717) is 9.79 Å². The third kappa shape index (κ3) is 2.01. The minimum atomic E-state index is -3.36. The van der Waals surface area contributed by atoms with Gasteiger partial charge in [-0.25, -0.2) is 0 Å². The standard InChI is InChI=1S/C13H12FNS/c1-11-7-9-13(10-8-11)16(14,15)12-5-3-2-4-6-12/h2-10H,1H3. The molecule has 82 valence electrons. The van der Waals surface area contributed by atoms with Gasteiger partial charge in [0.2, 0.25) is 0 Å². The highest BCUT2D eigenvalue weighted by Gasteiger charge is 2.18. The normalized spacial score (nSPS) is 14.3. The maximum Gasteiger partial charge on any atom is 0.138 e. The van der Waals surface area contributed by atoms with E-state index in [2.05, 4.69) is 0 Å². The van der Waals surface area contributed by atoms with E-state index < -0.39 is 10.0 Å². The van der Waals surface area contributed by atoms with E-state index >= 15 is 0 Å². The molecule has 0 heterocycles. The highest BCUT2D eigenvalue weighted by Crippen LogP contribution is 2.50. The van der Waals surface area contributed by atoms with Gasteiger partial charge in [-0.2, -0.15) is 4.61 Å². The first-order valence-corrected chi connectivity index (χ1v) is 6.47. The fraction of sp³-hybridized carbons (Fsp3) is 0.0769. The lowest BCUT2D eigenvalue weighted by Crippen LogP contribution is -1.83. The molecule has 2 aromatic rings. The van der Waals surface area contributed by atoms with Crippen LogP contribution < -0.4 is 0 Å². The van der Waals surface area contributed by atoms with Gasteiger partial charge in [-0.05, 0) is 31.2 Å². The Morgan fingerprint density at radius 3 is 1.94 bits per heavy atom. The lowest BCUT2D eigenvalue weighted by molar-refractivity contribution is 0.890. The Morgan fingerprint density at radius 1 is 0.875 bits per heavy atom. The van der Waals surface area contributed by atoms with Crippen molar-refractivity contribution in [2.45, 2.75) is 16.7 Å². The Hall–Kier alpha value is -1.57. The molecule has 0 aliphatic heterocycles. The molecule has 2 rings (SSSR count). The molecule has 0 spiro atoms. The van der Waals surface area contributed by atoms with E-state index in [1.54, 1.807) is 54.6 Å². The molecule has 0 fully saturated rings. The van der Waals surface area contributed by atoms with Crippen LogP contribution in [-0.2, 0) is 0 Å². The summed E-state index contributed by atoms with van der Waals surface area (Å²) in [7, 11) is -3.36. The van der Waals surface area contributed by atoms with Gasteiger partial charge in [0.15, 0.2) is 0 Å². The van der Waals surface area contributed by atoms with Gasteiger partial charge in [0, 0.05) is 0 Å². The second-order valence-corrected chi connectivity index (χ2v) is 5.59. The van der Waals surface area contributed by atoms with Crippen LogP contribution in [0.15, 0.2) is 64.4 Å². The van der Waals surface area contributed by atoms with Crippen molar-refractivity contribution in [3.8, 4) is 0 Å². The van der Waals surface area contributed by atoms with Gasteiger partial charge >= 0.3 is 0 Å². The summed E-state index contributed by atoms with van der Waals surface area (Å²) in [6, 6.07) is 15.3. The number of nitrogens with zero attached hydrogens (tertiary/aromatic N) is 1. The van der Waals surface area contributed by atoms with Gasteiger partial charge in [0.1, 0.15) is 10.0 Å². The number of halogens is 1. The number of aryl methyl sites for hydroxylation is 1. The highest BCUT2D eigenvalue weighted by molar-refractivity contribution is 8.17. The van der Waals surface area contributed by atoms with Crippen LogP contribution in [-0.4, -0.2) is 0 Å². The molecule has 16 heavy (non-hydrogen) atoms. The predicted molar refractivity (Wildman–Crippen MR) is 64.6 cm³/mol. The Balaban J connectivity index is 2.49. The van der Waals surface area contributed by atoms with Gasteiger partial charge in [-0.1, -0.05) is 35.9 Å². The fourth-order valence-corrected chi connectivity index (χ4v) is 2.74. The Bertz CT molecular complexity index is 578. The zero-order chi connectivity index (χ0) is 11.6. The van der Waals surface area contributed by atoms with E-state index in [4.69, 9.17) is 0 Å². The third-order valence-electron chi connectivity index (χ3n) is 2.39. The first-order valence-electron chi connectivity index (χ1n) is 4.98. The average molecular weight is 233 g/mol. The fourth-order valence-electron chi connectivity index (χ4n) is 1.46. The van der Waals surface area contributed by atoms with Crippen molar-refractivity contribution in [3.05, 3.63) is 60.2 Å². The van der Waals surface area contributed by atoms with Crippen LogP contribution in [0, 0.1) is 11.5 Å². The number of rotatable bonds is 0. The summed E-state index contributed by atoms with van der Waals surface area (Å²) in [5.74, 6) is 0. The summed E-state index contributed by atoms with van der Waals surface area (Å²) in [4.78, 5) is 0.670. The molecule has 0 amide bonds. The van der Waals surface area contributed by atoms with Crippen LogP contribution in [0.3, 0.4) is 0 Å². The second-order valence-electron chi connectivity index (χ2n) is 3.63. The van der Waals surface area contributed by atoms with Crippen LogP contribution in [0.5, 0.6) is 0 Å². The number of hydrogen-bond acceptors (Lipinski definition) is 1. The smallest absolute Gasteiger partial charge is 0.138 e. The van der Waals surface area contributed by atoms with E-state index in [9.17, 15) is 8.49 Å². The van der Waals surface area contributed by atoms with Crippen molar-refractivity contribution in [2.24, 2.45) is 0 Å². The predicted octanol–water partition coefficient (Wildman–Crippen LogP) is 4.58. The monoisotopic (exact) mass is 233 g/mol. The summed E-state index contributed by atoms with van der Waals surface area (Å²) in [6.45, 7) is 1.93. The van der Waals surface area contributed by atoms with Crippen molar-refractivity contribution in [1.82, 2.24) is 0 Å². The summed E-state index contributed by atoms with van der Waals surface area (Å²) in [5, 5.41) is 0. The van der Waals surface area contributed by atoms with Crippen LogP contribution in [0.2, 0.25) is 0 Å². The van der Waals surface area contributed by atoms with Gasteiger partial charge in [-0.3, -0.25) is 0 Å².